The van der Waals surface area contributed by atoms with E-state index in [9.17, 15) is 0 Å². The van der Waals surface area contributed by atoms with Crippen LogP contribution in [-0.4, -0.2) is 11.5 Å². The zero-order chi connectivity index (χ0) is 9.80. The van der Waals surface area contributed by atoms with Crippen molar-refractivity contribution in [2.45, 2.75) is 32.7 Å². The van der Waals surface area contributed by atoms with Crippen molar-refractivity contribution in [1.82, 2.24) is 10.3 Å². The van der Waals surface area contributed by atoms with Crippen LogP contribution in [0.25, 0.3) is 0 Å². The van der Waals surface area contributed by atoms with Gasteiger partial charge in [0.25, 0.3) is 0 Å². The van der Waals surface area contributed by atoms with Gasteiger partial charge < -0.3 is 5.32 Å². The smallest absolute Gasteiger partial charge is 0.106 e. The molecule has 2 nitrogen and oxygen atoms in total. The molecule has 1 fully saturated rings. The molecule has 2 unspecified atom stereocenters. The van der Waals surface area contributed by atoms with Gasteiger partial charge in [-0.25, -0.2) is 4.98 Å². The van der Waals surface area contributed by atoms with E-state index in [1.807, 2.05) is 11.6 Å². The number of thiazole rings is 1. The summed E-state index contributed by atoms with van der Waals surface area (Å²) in [5.74, 6) is 1.81. The lowest BCUT2D eigenvalue weighted by molar-refractivity contribution is 0.392. The Labute approximate surface area is 89.8 Å². The van der Waals surface area contributed by atoms with E-state index in [4.69, 9.17) is 0 Å². The Balaban J connectivity index is 1.68. The van der Waals surface area contributed by atoms with Gasteiger partial charge in [-0.2, -0.15) is 0 Å². The van der Waals surface area contributed by atoms with Gasteiger partial charge in [-0.1, -0.05) is 19.8 Å². The Morgan fingerprint density at radius 3 is 3.14 bits per heavy atom. The molecule has 1 saturated carbocycles. The van der Waals surface area contributed by atoms with Gasteiger partial charge in [-0.3, -0.25) is 0 Å². The Hall–Kier alpha value is -0.410. The topological polar surface area (TPSA) is 24.9 Å². The second-order valence-corrected chi connectivity index (χ2v) is 5.20. The monoisotopic (exact) mass is 210 g/mol. The number of nitrogens with zero attached hydrogens (tertiary/aromatic N) is 1. The number of rotatable bonds is 4. The summed E-state index contributed by atoms with van der Waals surface area (Å²) in [5, 5.41) is 6.75. The molecule has 1 aliphatic carbocycles. The number of hydrogen-bond donors (Lipinski definition) is 1. The Morgan fingerprint density at radius 2 is 2.50 bits per heavy atom. The molecule has 1 aromatic rings. The van der Waals surface area contributed by atoms with Gasteiger partial charge in [0.2, 0.25) is 0 Å². The third kappa shape index (κ3) is 2.55. The van der Waals surface area contributed by atoms with Gasteiger partial charge in [0.05, 0.1) is 0 Å². The van der Waals surface area contributed by atoms with Crippen molar-refractivity contribution in [3.63, 3.8) is 0 Å². The summed E-state index contributed by atoms with van der Waals surface area (Å²) in [4.78, 5) is 4.26. The first kappa shape index (κ1) is 10.1. The second-order valence-electron chi connectivity index (χ2n) is 4.23. The molecule has 2 rings (SSSR count). The third-order valence-corrected chi connectivity index (χ3v) is 3.98. The maximum absolute atomic E-state index is 4.26. The van der Waals surface area contributed by atoms with E-state index in [0.29, 0.717) is 0 Å². The summed E-state index contributed by atoms with van der Waals surface area (Å²) in [5.41, 5.74) is 0. The average molecular weight is 210 g/mol. The maximum Gasteiger partial charge on any atom is 0.106 e. The molecule has 0 aromatic carbocycles. The fourth-order valence-electron chi connectivity index (χ4n) is 2.23. The van der Waals surface area contributed by atoms with Gasteiger partial charge in [-0.15, -0.1) is 11.3 Å². The van der Waals surface area contributed by atoms with Crippen LogP contribution < -0.4 is 5.32 Å². The van der Waals surface area contributed by atoms with Crippen molar-refractivity contribution in [2.75, 3.05) is 6.54 Å². The van der Waals surface area contributed by atoms with Crippen molar-refractivity contribution < 1.29 is 0 Å². The fraction of sp³-hybridized carbons (Fsp3) is 0.727. The minimum absolute atomic E-state index is 0.898. The number of nitrogens with one attached hydrogen (secondary N) is 1. The molecule has 14 heavy (non-hydrogen) atoms. The molecule has 0 amide bonds. The van der Waals surface area contributed by atoms with Crippen molar-refractivity contribution in [2.24, 2.45) is 11.8 Å². The largest absolute Gasteiger partial charge is 0.310 e. The second kappa shape index (κ2) is 4.89. The molecule has 0 aliphatic heterocycles. The molecule has 0 spiro atoms. The highest BCUT2D eigenvalue weighted by atomic mass is 32.1. The van der Waals surface area contributed by atoms with E-state index in [0.717, 1.165) is 18.4 Å². The highest BCUT2D eigenvalue weighted by Gasteiger charge is 2.22. The lowest BCUT2D eigenvalue weighted by Crippen LogP contribution is -2.23. The Morgan fingerprint density at radius 1 is 1.57 bits per heavy atom. The van der Waals surface area contributed by atoms with Crippen LogP contribution >= 0.6 is 11.3 Å². The number of hydrogen-bond acceptors (Lipinski definition) is 3. The van der Waals surface area contributed by atoms with Crippen LogP contribution in [0.15, 0.2) is 11.6 Å². The standard InChI is InChI=1S/C11H18N2S/c1-9-3-2-4-10(9)7-12-8-11-13-5-6-14-11/h5-6,9-10,12H,2-4,7-8H2,1H3. The molecule has 1 N–H and O–H groups in total. The van der Waals surface area contributed by atoms with Crippen molar-refractivity contribution >= 4 is 11.3 Å². The molecular weight excluding hydrogens is 192 g/mol. The Bertz CT molecular complexity index is 258. The molecule has 1 aromatic heterocycles. The normalized spacial score (nSPS) is 26.9. The van der Waals surface area contributed by atoms with Crippen LogP contribution in [0.4, 0.5) is 0 Å². The summed E-state index contributed by atoms with van der Waals surface area (Å²) < 4.78 is 0. The zero-order valence-corrected chi connectivity index (χ0v) is 9.52. The summed E-state index contributed by atoms with van der Waals surface area (Å²) >= 11 is 1.73. The lowest BCUT2D eigenvalue weighted by Gasteiger charge is -2.15. The van der Waals surface area contributed by atoms with Gasteiger partial charge in [-0.05, 0) is 24.8 Å². The van der Waals surface area contributed by atoms with Gasteiger partial charge in [0.1, 0.15) is 5.01 Å². The lowest BCUT2D eigenvalue weighted by atomic mass is 9.98. The quantitative estimate of drug-likeness (QED) is 0.826. The SMILES string of the molecule is CC1CCCC1CNCc1nccs1. The van der Waals surface area contributed by atoms with Gasteiger partial charge >= 0.3 is 0 Å². The van der Waals surface area contributed by atoms with E-state index < -0.39 is 0 Å². The summed E-state index contributed by atoms with van der Waals surface area (Å²) in [6.07, 6.45) is 6.13. The van der Waals surface area contributed by atoms with E-state index in [2.05, 4.69) is 17.2 Å². The minimum Gasteiger partial charge on any atom is -0.310 e. The minimum atomic E-state index is 0.898. The van der Waals surface area contributed by atoms with Gasteiger partial charge in [0, 0.05) is 18.1 Å². The van der Waals surface area contributed by atoms with Crippen LogP contribution in [0.5, 0.6) is 0 Å². The predicted octanol–water partition coefficient (Wildman–Crippen LogP) is 2.67. The fourth-order valence-corrected chi connectivity index (χ4v) is 2.82. The van der Waals surface area contributed by atoms with Crippen LogP contribution in [0, 0.1) is 11.8 Å². The summed E-state index contributed by atoms with van der Waals surface area (Å²) in [6, 6.07) is 0. The van der Waals surface area contributed by atoms with E-state index in [1.54, 1.807) is 11.3 Å². The molecule has 78 valence electrons. The molecule has 1 aliphatic rings. The van der Waals surface area contributed by atoms with Crippen molar-refractivity contribution in [3.8, 4) is 0 Å². The molecule has 0 radical (unpaired) electrons. The highest BCUT2D eigenvalue weighted by Crippen LogP contribution is 2.30. The highest BCUT2D eigenvalue weighted by molar-refractivity contribution is 7.09. The van der Waals surface area contributed by atoms with Crippen molar-refractivity contribution in [1.29, 1.82) is 0 Å². The van der Waals surface area contributed by atoms with E-state index >= 15 is 0 Å². The summed E-state index contributed by atoms with van der Waals surface area (Å²) in [7, 11) is 0. The Kier molecular flexibility index (Phi) is 3.54. The maximum atomic E-state index is 4.26. The van der Waals surface area contributed by atoms with Crippen LogP contribution in [0.3, 0.4) is 0 Å². The molecular formula is C11H18N2S. The van der Waals surface area contributed by atoms with Crippen molar-refractivity contribution in [3.05, 3.63) is 16.6 Å². The first-order valence-corrected chi connectivity index (χ1v) is 6.33. The first-order chi connectivity index (χ1) is 6.86. The van der Waals surface area contributed by atoms with Crippen LogP contribution in [0.2, 0.25) is 0 Å². The van der Waals surface area contributed by atoms with Crippen LogP contribution in [0.1, 0.15) is 31.2 Å². The molecule has 0 bridgehead atoms. The molecule has 3 heteroatoms. The number of aromatic nitrogens is 1. The third-order valence-electron chi connectivity index (χ3n) is 3.21. The van der Waals surface area contributed by atoms with Gasteiger partial charge in [0.15, 0.2) is 0 Å². The average Bonchev–Trinajstić information content (AvgIpc) is 2.78. The van der Waals surface area contributed by atoms with E-state index in [1.165, 1.54) is 30.8 Å². The summed E-state index contributed by atoms with van der Waals surface area (Å²) in [6.45, 7) is 4.49. The molecule has 0 saturated heterocycles. The van der Waals surface area contributed by atoms with E-state index in [-0.39, 0.29) is 0 Å². The zero-order valence-electron chi connectivity index (χ0n) is 8.70. The molecule has 2 atom stereocenters. The first-order valence-electron chi connectivity index (χ1n) is 5.45. The molecule has 1 heterocycles. The van der Waals surface area contributed by atoms with Crippen LogP contribution in [-0.2, 0) is 6.54 Å². The predicted molar refractivity (Wildman–Crippen MR) is 60.3 cm³/mol.